The van der Waals surface area contributed by atoms with Gasteiger partial charge in [0.1, 0.15) is 29.7 Å². The number of thiophene rings is 1. The number of aliphatic imine (C=N–C) groups is 1. The molecule has 15 heteroatoms. The number of carboxylic acid groups (broad SMARTS) is 1. The molecule has 0 saturated heterocycles. The quantitative estimate of drug-likeness (QED) is 0.105. The van der Waals surface area contributed by atoms with Crippen molar-refractivity contribution in [1.82, 2.24) is 30.4 Å². The van der Waals surface area contributed by atoms with E-state index < -0.39 is 5.97 Å². The van der Waals surface area contributed by atoms with Gasteiger partial charge in [0.15, 0.2) is 5.82 Å². The normalized spacial score (nSPS) is 11.8. The molecule has 4 heterocycles. The van der Waals surface area contributed by atoms with Gasteiger partial charge in [0.25, 0.3) is 0 Å². The molecule has 0 unspecified atom stereocenters. The van der Waals surface area contributed by atoms with Gasteiger partial charge in [-0.05, 0) is 68.3 Å². The predicted molar refractivity (Wildman–Crippen MR) is 212 cm³/mol. The first kappa shape index (κ1) is 38.2. The molecular formula is C39H37Cl2N7O5S. The van der Waals surface area contributed by atoms with Crippen LogP contribution in [0.1, 0.15) is 56.9 Å². The Balaban J connectivity index is 0.000000192. The molecule has 1 aliphatic rings. The van der Waals surface area contributed by atoms with Crippen molar-refractivity contribution in [2.24, 2.45) is 4.99 Å². The number of amides is 2. The minimum Gasteiger partial charge on any atom is -0.492 e. The third-order valence-electron chi connectivity index (χ3n) is 8.78. The lowest BCUT2D eigenvalue weighted by atomic mass is 10.00. The van der Waals surface area contributed by atoms with E-state index in [1.807, 2.05) is 43.3 Å². The molecule has 0 aliphatic carbocycles. The van der Waals surface area contributed by atoms with E-state index in [2.05, 4.69) is 44.2 Å². The van der Waals surface area contributed by atoms with E-state index in [9.17, 15) is 19.5 Å². The van der Waals surface area contributed by atoms with Gasteiger partial charge in [-0.1, -0.05) is 47.5 Å². The number of aromatic amines is 1. The summed E-state index contributed by atoms with van der Waals surface area (Å²) in [4.78, 5) is 42.9. The number of halogens is 2. The molecule has 0 bridgehead atoms. The second-order valence-electron chi connectivity index (χ2n) is 12.5. The number of carbonyl (C=O) groups is 3. The number of aromatic carboxylic acids is 1. The Kier molecular flexibility index (Phi) is 11.8. The SMILES string of the molecule is CC(=O)NCCC(=O)NCCOc1ccc(-c2cc3c(C(=O)O)c[nH]c3cc2Cl)cc1.Cc1sc2c(c1C)C(c1ccc(Cl)cc1)=NCc1nnc(C)n1-2. The summed E-state index contributed by atoms with van der Waals surface area (Å²) in [7, 11) is 0. The van der Waals surface area contributed by atoms with Crippen LogP contribution >= 0.6 is 34.5 Å². The summed E-state index contributed by atoms with van der Waals surface area (Å²) in [6.07, 6.45) is 1.66. The topological polar surface area (TPSA) is 164 Å². The van der Waals surface area contributed by atoms with Crippen molar-refractivity contribution in [2.45, 2.75) is 40.7 Å². The van der Waals surface area contributed by atoms with Crippen LogP contribution in [-0.4, -0.2) is 68.0 Å². The van der Waals surface area contributed by atoms with E-state index in [1.54, 1.807) is 35.6 Å². The lowest BCUT2D eigenvalue weighted by molar-refractivity contribution is -0.121. The Bertz CT molecular complexity index is 2380. The van der Waals surface area contributed by atoms with E-state index in [1.165, 1.54) is 29.1 Å². The van der Waals surface area contributed by atoms with Gasteiger partial charge in [0, 0.05) is 63.6 Å². The third-order valence-corrected chi connectivity index (χ3v) is 10.5. The molecule has 0 fully saturated rings. The van der Waals surface area contributed by atoms with E-state index >= 15 is 0 Å². The van der Waals surface area contributed by atoms with Crippen LogP contribution < -0.4 is 15.4 Å². The maximum Gasteiger partial charge on any atom is 0.337 e. The predicted octanol–water partition coefficient (Wildman–Crippen LogP) is 7.47. The van der Waals surface area contributed by atoms with Gasteiger partial charge in [0.2, 0.25) is 11.8 Å². The summed E-state index contributed by atoms with van der Waals surface area (Å²) in [5, 5.41) is 26.1. The standard InChI is InChI=1S/C22H22ClN3O5.C17H15ClN4S/c1-13(27)24-7-6-21(28)25-8-9-31-15-4-2-14(3-5-15)16-10-17-18(22(29)30)12-26-20(17)11-19(16)23;1-9-10(2)23-17-15(9)16(12-4-6-13(18)7-5-12)19-8-14-21-20-11(3)22(14)17/h2-5,10-12,26H,6-9H2,1H3,(H,24,27)(H,25,28)(H,29,30);4-7H,8H2,1-3H3. The zero-order valence-electron chi connectivity index (χ0n) is 29.9. The molecule has 2 amide bonds. The Morgan fingerprint density at radius 1 is 0.963 bits per heavy atom. The molecule has 12 nitrogen and oxygen atoms in total. The fourth-order valence-corrected chi connectivity index (χ4v) is 7.59. The molecule has 6 aromatic rings. The van der Waals surface area contributed by atoms with E-state index in [0.29, 0.717) is 53.5 Å². The lowest BCUT2D eigenvalue weighted by Crippen LogP contribution is -2.31. The molecule has 3 aromatic heterocycles. The van der Waals surface area contributed by atoms with Crippen molar-refractivity contribution in [1.29, 1.82) is 0 Å². The minimum atomic E-state index is -1.01. The number of benzene rings is 3. The molecular weight excluding hydrogens is 749 g/mol. The first-order chi connectivity index (χ1) is 25.9. The number of aromatic nitrogens is 4. The van der Waals surface area contributed by atoms with Crippen molar-refractivity contribution in [3.05, 3.63) is 116 Å². The highest BCUT2D eigenvalue weighted by atomic mass is 35.5. The second kappa shape index (κ2) is 16.7. The maximum absolute atomic E-state index is 11.6. The summed E-state index contributed by atoms with van der Waals surface area (Å²) in [5.41, 5.74) is 6.90. The van der Waals surface area contributed by atoms with E-state index in [4.69, 9.17) is 32.9 Å². The summed E-state index contributed by atoms with van der Waals surface area (Å²) in [6, 6.07) is 18.6. The van der Waals surface area contributed by atoms with E-state index in [0.717, 1.165) is 38.5 Å². The molecule has 0 spiro atoms. The number of hydrogen-bond acceptors (Lipinski definition) is 8. The average Bonchev–Trinajstić information content (AvgIpc) is 3.78. The van der Waals surface area contributed by atoms with Gasteiger partial charge < -0.3 is 25.5 Å². The Hall–Kier alpha value is -5.50. The number of ether oxygens (including phenoxy) is 1. The summed E-state index contributed by atoms with van der Waals surface area (Å²) in [5.74, 6) is 1.07. The minimum absolute atomic E-state index is 0.164. The molecule has 4 N–H and O–H groups in total. The fourth-order valence-electron chi connectivity index (χ4n) is 5.96. The highest BCUT2D eigenvalue weighted by Gasteiger charge is 2.26. The summed E-state index contributed by atoms with van der Waals surface area (Å²) < 4.78 is 7.76. The number of H-pyrrole nitrogens is 1. The van der Waals surface area contributed by atoms with Crippen LogP contribution in [0.3, 0.4) is 0 Å². The van der Waals surface area contributed by atoms with Gasteiger partial charge in [-0.2, -0.15) is 0 Å². The fraction of sp³-hybridized carbons (Fsp3) is 0.231. The van der Waals surface area contributed by atoms with Crippen molar-refractivity contribution in [2.75, 3.05) is 19.7 Å². The Morgan fingerprint density at radius 2 is 1.69 bits per heavy atom. The van der Waals surface area contributed by atoms with Crippen LogP contribution in [0.2, 0.25) is 10.0 Å². The summed E-state index contributed by atoms with van der Waals surface area (Å²) in [6.45, 7) is 9.15. The first-order valence-corrected chi connectivity index (χ1v) is 18.6. The number of aryl methyl sites for hydroxylation is 2. The molecule has 54 heavy (non-hydrogen) atoms. The highest BCUT2D eigenvalue weighted by molar-refractivity contribution is 7.15. The largest absolute Gasteiger partial charge is 0.492 e. The van der Waals surface area contributed by atoms with E-state index in [-0.39, 0.29) is 23.8 Å². The number of nitrogens with one attached hydrogen (secondary N) is 3. The van der Waals surface area contributed by atoms with Gasteiger partial charge in [0.05, 0.1) is 22.8 Å². The number of fused-ring (bicyclic) bond motifs is 4. The molecule has 278 valence electrons. The van der Waals surface area contributed by atoms with Crippen molar-refractivity contribution in [3.8, 4) is 21.9 Å². The van der Waals surface area contributed by atoms with Crippen LogP contribution in [0.5, 0.6) is 5.75 Å². The van der Waals surface area contributed by atoms with Gasteiger partial charge >= 0.3 is 5.97 Å². The maximum atomic E-state index is 11.6. The van der Waals surface area contributed by atoms with Gasteiger partial charge in [-0.3, -0.25) is 19.1 Å². The zero-order chi connectivity index (χ0) is 38.5. The van der Waals surface area contributed by atoms with Crippen LogP contribution in [0, 0.1) is 20.8 Å². The van der Waals surface area contributed by atoms with Crippen LogP contribution in [-0.2, 0) is 16.1 Å². The van der Waals surface area contributed by atoms with Crippen molar-refractivity contribution >= 4 is 68.9 Å². The lowest BCUT2D eigenvalue weighted by Gasteiger charge is -2.10. The van der Waals surface area contributed by atoms with Crippen LogP contribution in [0.15, 0.2) is 71.9 Å². The number of rotatable bonds is 10. The number of carbonyl (C=O) groups excluding carboxylic acids is 2. The molecule has 0 radical (unpaired) electrons. The van der Waals surface area contributed by atoms with Crippen LogP contribution in [0.4, 0.5) is 0 Å². The van der Waals surface area contributed by atoms with Gasteiger partial charge in [-0.15, -0.1) is 21.5 Å². The zero-order valence-corrected chi connectivity index (χ0v) is 32.2. The Morgan fingerprint density at radius 3 is 2.39 bits per heavy atom. The third kappa shape index (κ3) is 8.49. The Labute approximate surface area is 325 Å². The molecule has 1 aliphatic heterocycles. The van der Waals surface area contributed by atoms with Crippen LogP contribution in [0.25, 0.3) is 27.0 Å². The first-order valence-electron chi connectivity index (χ1n) is 17.0. The number of hydrogen-bond donors (Lipinski definition) is 4. The highest BCUT2D eigenvalue weighted by Crippen LogP contribution is 2.37. The van der Waals surface area contributed by atoms with Crippen molar-refractivity contribution < 1.29 is 24.2 Å². The average molecular weight is 787 g/mol. The van der Waals surface area contributed by atoms with Gasteiger partial charge in [-0.25, -0.2) is 4.79 Å². The molecule has 7 rings (SSSR count). The molecule has 0 atom stereocenters. The monoisotopic (exact) mass is 785 g/mol. The molecule has 0 saturated carbocycles. The number of carboxylic acids is 1. The second-order valence-corrected chi connectivity index (χ2v) is 14.5. The molecule has 3 aromatic carbocycles. The summed E-state index contributed by atoms with van der Waals surface area (Å²) >= 11 is 14.2. The van der Waals surface area contributed by atoms with Crippen molar-refractivity contribution in [3.63, 3.8) is 0 Å². The smallest absolute Gasteiger partial charge is 0.337 e. The number of nitrogens with zero attached hydrogens (tertiary/aromatic N) is 4.